The molecule has 24 heavy (non-hydrogen) atoms. The smallest absolute Gasteiger partial charge is 0.255 e. The van der Waals surface area contributed by atoms with Crippen molar-refractivity contribution >= 4 is 23.2 Å². The van der Waals surface area contributed by atoms with Gasteiger partial charge in [0.15, 0.2) is 11.5 Å². The number of hydrogen-bond acceptors (Lipinski definition) is 4. The Hall–Kier alpha value is -2.40. The molecule has 0 radical (unpaired) electrons. The Balaban J connectivity index is 2.25. The molecule has 2 N–H and O–H groups in total. The Morgan fingerprint density at radius 1 is 1.17 bits per heavy atom. The normalized spacial score (nSPS) is 10.3. The topological polar surface area (TPSA) is 67.8 Å². The van der Waals surface area contributed by atoms with E-state index in [1.54, 1.807) is 24.3 Å². The van der Waals surface area contributed by atoms with Gasteiger partial charge < -0.3 is 19.9 Å². The number of phenolic OH excluding ortho intramolecular Hbond substituents is 1. The summed E-state index contributed by atoms with van der Waals surface area (Å²) in [6.45, 7) is 4.79. The minimum absolute atomic E-state index is 0.132. The summed E-state index contributed by atoms with van der Waals surface area (Å²) in [6.07, 6.45) is 0.838. The molecule has 2 rings (SSSR count). The standard InChI is InChI=1S/C18H20ClNO4/c1-3-9-24-17-15(19)10-12(11-16(17)23-4-2)18(22)20-13-5-7-14(21)8-6-13/h5-8,10-11,21H,3-4,9H2,1-2H3,(H,20,22). The molecule has 0 spiro atoms. The van der Waals surface area contributed by atoms with Crippen LogP contribution in [0.1, 0.15) is 30.6 Å². The maximum Gasteiger partial charge on any atom is 0.255 e. The SMILES string of the molecule is CCCOc1c(Cl)cc(C(=O)Nc2ccc(O)cc2)cc1OCC. The summed E-state index contributed by atoms with van der Waals surface area (Å²) >= 11 is 6.26. The average Bonchev–Trinajstić information content (AvgIpc) is 2.56. The monoisotopic (exact) mass is 349 g/mol. The maximum atomic E-state index is 12.4. The van der Waals surface area contributed by atoms with Crippen molar-refractivity contribution in [2.45, 2.75) is 20.3 Å². The van der Waals surface area contributed by atoms with Crippen LogP contribution >= 0.6 is 11.6 Å². The first-order valence-corrected chi connectivity index (χ1v) is 8.12. The van der Waals surface area contributed by atoms with Gasteiger partial charge in [-0.1, -0.05) is 18.5 Å². The summed E-state index contributed by atoms with van der Waals surface area (Å²) in [5.41, 5.74) is 0.929. The Kier molecular flexibility index (Phi) is 6.32. The largest absolute Gasteiger partial charge is 0.508 e. The molecule has 0 atom stereocenters. The van der Waals surface area contributed by atoms with E-state index in [-0.39, 0.29) is 11.7 Å². The van der Waals surface area contributed by atoms with Crippen molar-refractivity contribution in [3.05, 3.63) is 47.0 Å². The number of rotatable bonds is 7. The highest BCUT2D eigenvalue weighted by atomic mass is 35.5. The van der Waals surface area contributed by atoms with Crippen LogP contribution in [0.5, 0.6) is 17.2 Å². The number of halogens is 1. The summed E-state index contributed by atoms with van der Waals surface area (Å²) in [5, 5.41) is 12.3. The highest BCUT2D eigenvalue weighted by molar-refractivity contribution is 6.32. The van der Waals surface area contributed by atoms with Gasteiger partial charge in [0, 0.05) is 11.3 Å². The van der Waals surface area contributed by atoms with E-state index in [4.69, 9.17) is 21.1 Å². The predicted molar refractivity (Wildman–Crippen MR) is 94.5 cm³/mol. The fraction of sp³-hybridized carbons (Fsp3) is 0.278. The van der Waals surface area contributed by atoms with Gasteiger partial charge in [0.05, 0.1) is 18.2 Å². The van der Waals surface area contributed by atoms with Crippen LogP contribution in [0.3, 0.4) is 0 Å². The molecule has 1 amide bonds. The Labute approximate surface area is 146 Å². The average molecular weight is 350 g/mol. The highest BCUT2D eigenvalue weighted by Crippen LogP contribution is 2.37. The summed E-state index contributed by atoms with van der Waals surface area (Å²) < 4.78 is 11.2. The number of ether oxygens (including phenoxy) is 2. The van der Waals surface area contributed by atoms with Crippen LogP contribution in [-0.4, -0.2) is 24.2 Å². The number of anilines is 1. The summed E-state index contributed by atoms with van der Waals surface area (Å²) in [4.78, 5) is 12.4. The van der Waals surface area contributed by atoms with E-state index in [1.165, 1.54) is 12.1 Å². The second-order valence-corrected chi connectivity index (χ2v) is 5.48. The molecule has 6 heteroatoms. The van der Waals surface area contributed by atoms with E-state index in [9.17, 15) is 9.90 Å². The highest BCUT2D eigenvalue weighted by Gasteiger charge is 2.16. The second-order valence-electron chi connectivity index (χ2n) is 5.07. The Morgan fingerprint density at radius 3 is 2.50 bits per heavy atom. The summed E-state index contributed by atoms with van der Waals surface area (Å²) in [6, 6.07) is 9.36. The Bertz CT molecular complexity index is 701. The van der Waals surface area contributed by atoms with Crippen LogP contribution in [0.2, 0.25) is 5.02 Å². The lowest BCUT2D eigenvalue weighted by atomic mass is 10.1. The quantitative estimate of drug-likeness (QED) is 0.723. The fourth-order valence-corrected chi connectivity index (χ4v) is 2.32. The van der Waals surface area contributed by atoms with E-state index in [1.807, 2.05) is 13.8 Å². The molecule has 0 unspecified atom stereocenters. The zero-order valence-electron chi connectivity index (χ0n) is 13.6. The molecule has 2 aromatic carbocycles. The first kappa shape index (κ1) is 17.9. The van der Waals surface area contributed by atoms with E-state index in [0.29, 0.717) is 41.0 Å². The molecule has 2 aromatic rings. The van der Waals surface area contributed by atoms with Crippen LogP contribution in [0, 0.1) is 0 Å². The lowest BCUT2D eigenvalue weighted by molar-refractivity contribution is 0.102. The number of hydrogen-bond donors (Lipinski definition) is 2. The third-order valence-electron chi connectivity index (χ3n) is 3.15. The predicted octanol–water partition coefficient (Wildman–Crippen LogP) is 4.49. The number of carbonyl (C=O) groups excluding carboxylic acids is 1. The van der Waals surface area contributed by atoms with Crippen molar-refractivity contribution in [1.82, 2.24) is 0 Å². The van der Waals surface area contributed by atoms with Crippen LogP contribution in [0.25, 0.3) is 0 Å². The molecule has 5 nitrogen and oxygen atoms in total. The summed E-state index contributed by atoms with van der Waals surface area (Å²) in [5.74, 6) is 0.688. The van der Waals surface area contributed by atoms with Crippen LogP contribution in [0.4, 0.5) is 5.69 Å². The second kappa shape index (κ2) is 8.45. The minimum Gasteiger partial charge on any atom is -0.508 e. The summed E-state index contributed by atoms with van der Waals surface area (Å²) in [7, 11) is 0. The molecule has 128 valence electrons. The number of nitrogens with one attached hydrogen (secondary N) is 1. The van der Waals surface area contributed by atoms with Gasteiger partial charge in [-0.2, -0.15) is 0 Å². The number of phenols is 1. The van der Waals surface area contributed by atoms with Gasteiger partial charge in [-0.3, -0.25) is 4.79 Å². The minimum atomic E-state index is -0.328. The van der Waals surface area contributed by atoms with Gasteiger partial charge in [-0.25, -0.2) is 0 Å². The van der Waals surface area contributed by atoms with E-state index in [2.05, 4.69) is 5.32 Å². The lowest BCUT2D eigenvalue weighted by Gasteiger charge is -2.15. The van der Waals surface area contributed by atoms with Crippen molar-refractivity contribution in [2.75, 3.05) is 18.5 Å². The molecule has 0 aliphatic heterocycles. The third-order valence-corrected chi connectivity index (χ3v) is 3.43. The zero-order chi connectivity index (χ0) is 17.5. The molecule has 0 saturated heterocycles. The molecule has 0 aliphatic rings. The van der Waals surface area contributed by atoms with Crippen molar-refractivity contribution in [2.24, 2.45) is 0 Å². The van der Waals surface area contributed by atoms with Crippen LogP contribution < -0.4 is 14.8 Å². The molecule has 0 aliphatic carbocycles. The van der Waals surface area contributed by atoms with Gasteiger partial charge in [0.2, 0.25) is 0 Å². The van der Waals surface area contributed by atoms with Gasteiger partial charge in [-0.05, 0) is 49.7 Å². The van der Waals surface area contributed by atoms with Crippen LogP contribution in [0.15, 0.2) is 36.4 Å². The van der Waals surface area contributed by atoms with Gasteiger partial charge in [0.25, 0.3) is 5.91 Å². The van der Waals surface area contributed by atoms with Crippen LogP contribution in [-0.2, 0) is 0 Å². The van der Waals surface area contributed by atoms with Crippen molar-refractivity contribution < 1.29 is 19.4 Å². The Morgan fingerprint density at radius 2 is 1.88 bits per heavy atom. The zero-order valence-corrected chi connectivity index (χ0v) is 14.4. The van der Waals surface area contributed by atoms with E-state index >= 15 is 0 Å². The lowest BCUT2D eigenvalue weighted by Crippen LogP contribution is -2.12. The van der Waals surface area contributed by atoms with E-state index < -0.39 is 0 Å². The molecule has 0 fully saturated rings. The van der Waals surface area contributed by atoms with Gasteiger partial charge >= 0.3 is 0 Å². The molecular formula is C18H20ClNO4. The van der Waals surface area contributed by atoms with Gasteiger partial charge in [0.1, 0.15) is 5.75 Å². The molecular weight excluding hydrogens is 330 g/mol. The maximum absolute atomic E-state index is 12.4. The van der Waals surface area contributed by atoms with Crippen molar-refractivity contribution in [3.63, 3.8) is 0 Å². The molecule has 0 heterocycles. The van der Waals surface area contributed by atoms with E-state index in [0.717, 1.165) is 6.42 Å². The number of amides is 1. The molecule has 0 bridgehead atoms. The van der Waals surface area contributed by atoms with Crippen molar-refractivity contribution in [1.29, 1.82) is 0 Å². The first-order chi connectivity index (χ1) is 11.5. The van der Waals surface area contributed by atoms with Gasteiger partial charge in [-0.15, -0.1) is 0 Å². The fourth-order valence-electron chi connectivity index (χ4n) is 2.05. The first-order valence-electron chi connectivity index (χ1n) is 7.74. The number of benzene rings is 2. The number of carbonyl (C=O) groups is 1. The molecule has 0 saturated carbocycles. The third kappa shape index (κ3) is 4.55. The van der Waals surface area contributed by atoms with Crippen molar-refractivity contribution in [3.8, 4) is 17.2 Å². The molecule has 0 aromatic heterocycles. The number of aromatic hydroxyl groups is 1.